The van der Waals surface area contributed by atoms with E-state index in [0.29, 0.717) is 33.5 Å². The fraction of sp³-hybridized carbons (Fsp3) is 0.115. The van der Waals surface area contributed by atoms with Crippen molar-refractivity contribution in [3.63, 3.8) is 0 Å². The monoisotopic (exact) mass is 475 g/mol. The Balaban J connectivity index is 1.72. The number of methoxy groups -OCH3 is 1. The van der Waals surface area contributed by atoms with Gasteiger partial charge in [0.1, 0.15) is 23.1 Å². The molecule has 8 heteroatoms. The van der Waals surface area contributed by atoms with Crippen molar-refractivity contribution in [2.24, 2.45) is 0 Å². The second-order valence-electron chi connectivity index (χ2n) is 7.24. The van der Waals surface area contributed by atoms with Crippen molar-refractivity contribution in [1.29, 1.82) is 5.26 Å². The smallest absolute Gasteiger partial charge is 0.266 e. The van der Waals surface area contributed by atoms with Gasteiger partial charge in [0.2, 0.25) is 0 Å². The Bertz CT molecular complexity index is 1260. The quantitative estimate of drug-likeness (QED) is 0.343. The molecule has 0 bridgehead atoms. The van der Waals surface area contributed by atoms with Crippen LogP contribution in [0, 0.1) is 18.3 Å². The van der Waals surface area contributed by atoms with Crippen molar-refractivity contribution in [2.75, 3.05) is 24.4 Å². The molecule has 2 amide bonds. The molecule has 3 rings (SSSR count). The van der Waals surface area contributed by atoms with E-state index in [0.717, 1.165) is 5.56 Å². The summed E-state index contributed by atoms with van der Waals surface area (Å²) in [6.45, 7) is 1.61. The van der Waals surface area contributed by atoms with E-state index in [1.807, 2.05) is 19.1 Å². The molecule has 0 fully saturated rings. The molecule has 7 nitrogen and oxygen atoms in total. The molecule has 0 aliphatic carbocycles. The van der Waals surface area contributed by atoms with Gasteiger partial charge >= 0.3 is 0 Å². The van der Waals surface area contributed by atoms with E-state index >= 15 is 0 Å². The van der Waals surface area contributed by atoms with Crippen molar-refractivity contribution < 1.29 is 19.1 Å². The predicted molar refractivity (Wildman–Crippen MR) is 132 cm³/mol. The third-order valence-electron chi connectivity index (χ3n) is 4.65. The van der Waals surface area contributed by atoms with Crippen LogP contribution in [0.2, 0.25) is 5.02 Å². The summed E-state index contributed by atoms with van der Waals surface area (Å²) in [5.41, 5.74) is 2.38. The third kappa shape index (κ3) is 6.86. The van der Waals surface area contributed by atoms with Crippen LogP contribution in [-0.2, 0) is 9.59 Å². The number of nitrogens with one attached hydrogen (secondary N) is 2. The minimum atomic E-state index is -0.573. The van der Waals surface area contributed by atoms with Gasteiger partial charge in [0.05, 0.1) is 7.11 Å². The Kier molecular flexibility index (Phi) is 8.27. The lowest BCUT2D eigenvalue weighted by Crippen LogP contribution is -2.20. The average molecular weight is 476 g/mol. The summed E-state index contributed by atoms with van der Waals surface area (Å²) in [6.07, 6.45) is 1.37. The number of ether oxygens (including phenoxy) is 2. The van der Waals surface area contributed by atoms with Crippen molar-refractivity contribution in [2.45, 2.75) is 6.92 Å². The Morgan fingerprint density at radius 3 is 2.47 bits per heavy atom. The van der Waals surface area contributed by atoms with E-state index in [-0.39, 0.29) is 18.1 Å². The summed E-state index contributed by atoms with van der Waals surface area (Å²) in [5, 5.41) is 15.3. The number of nitriles is 1. The number of hydrogen-bond acceptors (Lipinski definition) is 5. The summed E-state index contributed by atoms with van der Waals surface area (Å²) in [5.74, 6) is 0.0148. The molecule has 0 spiro atoms. The Hall–Kier alpha value is -4.28. The number of carbonyl (C=O) groups is 2. The molecule has 0 unspecified atom stereocenters. The van der Waals surface area contributed by atoms with Crippen molar-refractivity contribution >= 4 is 40.9 Å². The van der Waals surface area contributed by atoms with Gasteiger partial charge in [-0.05, 0) is 73.2 Å². The molecule has 2 N–H and O–H groups in total. The zero-order valence-electron chi connectivity index (χ0n) is 18.6. The van der Waals surface area contributed by atoms with E-state index in [1.54, 1.807) is 67.8 Å². The molecule has 0 heterocycles. The minimum absolute atomic E-state index is 0.142. The van der Waals surface area contributed by atoms with E-state index in [9.17, 15) is 14.9 Å². The summed E-state index contributed by atoms with van der Waals surface area (Å²) in [7, 11) is 1.56. The molecule has 0 aromatic heterocycles. The fourth-order valence-electron chi connectivity index (χ4n) is 3.00. The predicted octanol–water partition coefficient (Wildman–Crippen LogP) is 5.22. The molecule has 34 heavy (non-hydrogen) atoms. The number of halogens is 1. The molecule has 172 valence electrons. The van der Waals surface area contributed by atoms with Crippen LogP contribution >= 0.6 is 11.6 Å². The van der Waals surface area contributed by atoms with Crippen LogP contribution in [0.4, 0.5) is 11.4 Å². The number of rotatable bonds is 8. The van der Waals surface area contributed by atoms with Crippen molar-refractivity contribution in [3.05, 3.63) is 88.5 Å². The van der Waals surface area contributed by atoms with Crippen LogP contribution in [0.15, 0.2) is 72.3 Å². The molecule has 0 saturated heterocycles. The van der Waals surface area contributed by atoms with Gasteiger partial charge in [-0.25, -0.2) is 0 Å². The Morgan fingerprint density at radius 1 is 1.03 bits per heavy atom. The minimum Gasteiger partial charge on any atom is -0.497 e. The number of anilines is 2. The van der Waals surface area contributed by atoms with E-state index < -0.39 is 5.91 Å². The SMILES string of the molecule is COc1ccc(NC(=O)COc2ccc(Cl)cc2C=C(C#N)C(=O)Nc2cccc(C)c2)cc1. The highest BCUT2D eigenvalue weighted by Gasteiger charge is 2.13. The fourth-order valence-corrected chi connectivity index (χ4v) is 3.18. The lowest BCUT2D eigenvalue weighted by Gasteiger charge is -2.11. The number of hydrogen-bond donors (Lipinski definition) is 2. The molecule has 0 radical (unpaired) electrons. The molecule has 0 atom stereocenters. The second kappa shape index (κ2) is 11.5. The highest BCUT2D eigenvalue weighted by Crippen LogP contribution is 2.26. The molecule has 0 aliphatic heterocycles. The Morgan fingerprint density at radius 2 is 1.79 bits per heavy atom. The van der Waals surface area contributed by atoms with Crippen LogP contribution in [0.25, 0.3) is 6.08 Å². The van der Waals surface area contributed by atoms with Crippen LogP contribution < -0.4 is 20.1 Å². The zero-order chi connectivity index (χ0) is 24.5. The molecule has 3 aromatic carbocycles. The molecule has 0 aliphatic rings. The first-order valence-electron chi connectivity index (χ1n) is 10.2. The lowest BCUT2D eigenvalue weighted by molar-refractivity contribution is -0.118. The maximum Gasteiger partial charge on any atom is 0.266 e. The van der Waals surface area contributed by atoms with Crippen LogP contribution in [0.1, 0.15) is 11.1 Å². The molecular formula is C26H22ClN3O4. The Labute approximate surface area is 202 Å². The van der Waals surface area contributed by atoms with Crippen molar-refractivity contribution in [1.82, 2.24) is 0 Å². The van der Waals surface area contributed by atoms with Gasteiger partial charge in [0, 0.05) is 22.0 Å². The van der Waals surface area contributed by atoms with Gasteiger partial charge in [-0.3, -0.25) is 9.59 Å². The molecule has 3 aromatic rings. The van der Waals surface area contributed by atoms with E-state index in [2.05, 4.69) is 10.6 Å². The first-order chi connectivity index (χ1) is 16.4. The maximum atomic E-state index is 12.6. The van der Waals surface area contributed by atoms with Gasteiger partial charge in [-0.1, -0.05) is 23.7 Å². The average Bonchev–Trinajstić information content (AvgIpc) is 2.82. The normalized spacial score (nSPS) is 10.7. The number of carbonyl (C=O) groups excluding carboxylic acids is 2. The first-order valence-corrected chi connectivity index (χ1v) is 10.6. The van der Waals surface area contributed by atoms with Crippen LogP contribution in [-0.4, -0.2) is 25.5 Å². The largest absolute Gasteiger partial charge is 0.497 e. The van der Waals surface area contributed by atoms with Gasteiger partial charge < -0.3 is 20.1 Å². The first kappa shape index (κ1) is 24.4. The summed E-state index contributed by atoms with van der Waals surface area (Å²) < 4.78 is 10.7. The summed E-state index contributed by atoms with van der Waals surface area (Å²) in [6, 6.07) is 20.7. The molecule has 0 saturated carbocycles. The lowest BCUT2D eigenvalue weighted by atomic mass is 10.1. The van der Waals surface area contributed by atoms with Gasteiger partial charge in [0.25, 0.3) is 11.8 Å². The summed E-state index contributed by atoms with van der Waals surface area (Å²) in [4.78, 5) is 24.9. The van der Waals surface area contributed by atoms with Crippen LogP contribution in [0.3, 0.4) is 0 Å². The van der Waals surface area contributed by atoms with Gasteiger partial charge in [-0.2, -0.15) is 5.26 Å². The highest BCUT2D eigenvalue weighted by molar-refractivity contribution is 6.30. The standard InChI is InChI=1S/C26H22ClN3O4/c1-17-4-3-5-22(12-17)30-26(32)19(15-28)13-18-14-20(27)6-11-24(18)34-16-25(31)29-21-7-9-23(33-2)10-8-21/h3-14H,16H2,1-2H3,(H,29,31)(H,30,32). The number of benzene rings is 3. The summed E-state index contributed by atoms with van der Waals surface area (Å²) >= 11 is 6.11. The van der Waals surface area contributed by atoms with Gasteiger partial charge in [0.15, 0.2) is 6.61 Å². The van der Waals surface area contributed by atoms with E-state index in [4.69, 9.17) is 21.1 Å². The topological polar surface area (TPSA) is 100 Å². The highest BCUT2D eigenvalue weighted by atomic mass is 35.5. The number of amides is 2. The van der Waals surface area contributed by atoms with Gasteiger partial charge in [-0.15, -0.1) is 0 Å². The zero-order valence-corrected chi connectivity index (χ0v) is 19.3. The van der Waals surface area contributed by atoms with E-state index in [1.165, 1.54) is 6.08 Å². The van der Waals surface area contributed by atoms with Crippen molar-refractivity contribution in [3.8, 4) is 17.6 Å². The third-order valence-corrected chi connectivity index (χ3v) is 4.88. The van der Waals surface area contributed by atoms with Crippen LogP contribution in [0.5, 0.6) is 11.5 Å². The number of aryl methyl sites for hydroxylation is 1. The maximum absolute atomic E-state index is 12.6. The molecular weight excluding hydrogens is 454 g/mol. The second-order valence-corrected chi connectivity index (χ2v) is 7.68. The number of nitrogens with zero attached hydrogens (tertiary/aromatic N) is 1.